The Balaban J connectivity index is 1.65. The van der Waals surface area contributed by atoms with Crippen molar-refractivity contribution in [3.05, 3.63) is 119 Å². The highest BCUT2D eigenvalue weighted by Gasteiger charge is 2.72. The van der Waals surface area contributed by atoms with E-state index in [1.165, 1.54) is 50.6 Å². The Labute approximate surface area is 241 Å². The normalized spacial score (nSPS) is 11.9. The molecule has 4 aromatic rings. The van der Waals surface area contributed by atoms with E-state index < -0.39 is 40.8 Å². The summed E-state index contributed by atoms with van der Waals surface area (Å²) in [7, 11) is 2.75. The molecule has 4 aromatic carbocycles. The van der Waals surface area contributed by atoms with Crippen LogP contribution in [-0.4, -0.2) is 38.5 Å². The molecule has 0 heterocycles. The molecular weight excluding hydrogens is 582 g/mol. The molecule has 0 saturated carbocycles. The minimum Gasteiger partial charge on any atom is -0.497 e. The zero-order valence-corrected chi connectivity index (χ0v) is 22.5. The van der Waals surface area contributed by atoms with Crippen LogP contribution in [0, 0.1) is 0 Å². The van der Waals surface area contributed by atoms with Crippen LogP contribution >= 0.6 is 0 Å². The Morgan fingerprint density at radius 2 is 0.860 bits per heavy atom. The van der Waals surface area contributed by atoms with Crippen LogP contribution in [0.3, 0.4) is 0 Å². The van der Waals surface area contributed by atoms with E-state index in [1.54, 1.807) is 12.1 Å². The first-order valence-electron chi connectivity index (χ1n) is 12.4. The number of benzene rings is 4. The van der Waals surface area contributed by atoms with Gasteiger partial charge in [0.05, 0.1) is 25.3 Å². The molecule has 4 rings (SSSR count). The summed E-state index contributed by atoms with van der Waals surface area (Å²) in [5.41, 5.74) is -6.71. The average Bonchev–Trinajstić information content (AvgIpc) is 2.97. The number of carbonyl (C=O) groups is 2. The second kappa shape index (κ2) is 12.1. The summed E-state index contributed by atoms with van der Waals surface area (Å²) in [6, 6.07) is 17.4. The minimum atomic E-state index is -5.86. The lowest BCUT2D eigenvalue weighted by atomic mass is 9.73. The molecule has 0 bridgehead atoms. The molecule has 0 amide bonds. The van der Waals surface area contributed by atoms with Crippen molar-refractivity contribution in [2.75, 3.05) is 14.2 Å². The second-order valence-corrected chi connectivity index (χ2v) is 9.04. The zero-order chi connectivity index (χ0) is 31.4. The summed E-state index contributed by atoms with van der Waals surface area (Å²) in [4.78, 5) is 24.9. The van der Waals surface area contributed by atoms with Crippen molar-refractivity contribution in [2.45, 2.75) is 17.8 Å². The molecule has 0 aromatic heterocycles. The van der Waals surface area contributed by atoms with E-state index in [-0.39, 0.29) is 22.6 Å². The molecule has 224 valence electrons. The van der Waals surface area contributed by atoms with Crippen molar-refractivity contribution in [3.63, 3.8) is 0 Å². The lowest BCUT2D eigenvalue weighted by molar-refractivity contribution is -0.288. The number of alkyl halides is 6. The maximum Gasteiger partial charge on any atom is 0.411 e. The van der Waals surface area contributed by atoms with Gasteiger partial charge in [-0.15, -0.1) is 0 Å². The molecule has 12 heteroatoms. The van der Waals surface area contributed by atoms with Crippen molar-refractivity contribution >= 4 is 11.9 Å². The Kier molecular flexibility index (Phi) is 8.70. The highest BCUT2D eigenvalue weighted by Crippen LogP contribution is 2.56. The molecule has 0 aliphatic rings. The van der Waals surface area contributed by atoms with E-state index in [0.29, 0.717) is 35.8 Å². The third kappa shape index (κ3) is 6.27. The molecule has 0 N–H and O–H groups in total. The molecule has 43 heavy (non-hydrogen) atoms. The van der Waals surface area contributed by atoms with E-state index in [0.717, 1.165) is 24.3 Å². The van der Waals surface area contributed by atoms with E-state index in [1.807, 2.05) is 0 Å². The second-order valence-electron chi connectivity index (χ2n) is 9.04. The highest BCUT2D eigenvalue weighted by atomic mass is 19.4. The van der Waals surface area contributed by atoms with Crippen LogP contribution < -0.4 is 18.9 Å². The average molecular weight is 604 g/mol. The minimum absolute atomic E-state index is 0.0514. The van der Waals surface area contributed by atoms with Crippen LogP contribution in [0.5, 0.6) is 23.0 Å². The number of hydrogen-bond donors (Lipinski definition) is 0. The maximum atomic E-state index is 14.5. The zero-order valence-electron chi connectivity index (χ0n) is 22.5. The molecule has 0 unspecified atom stereocenters. The highest BCUT2D eigenvalue weighted by molar-refractivity contribution is 5.92. The molecule has 0 fully saturated rings. The fourth-order valence-electron chi connectivity index (χ4n) is 4.36. The van der Waals surface area contributed by atoms with Gasteiger partial charge in [0, 0.05) is 0 Å². The Morgan fingerprint density at radius 1 is 0.512 bits per heavy atom. The predicted octanol–water partition coefficient (Wildman–Crippen LogP) is 7.55. The smallest absolute Gasteiger partial charge is 0.411 e. The van der Waals surface area contributed by atoms with Gasteiger partial charge in [0.1, 0.15) is 23.0 Å². The van der Waals surface area contributed by atoms with Gasteiger partial charge in [0.15, 0.2) is 0 Å². The third-order valence-corrected chi connectivity index (χ3v) is 6.46. The number of carbonyl (C=O) groups excluding carboxylic acids is 2. The van der Waals surface area contributed by atoms with Crippen LogP contribution in [0.25, 0.3) is 0 Å². The number of hydrogen-bond acceptors (Lipinski definition) is 6. The number of methoxy groups -OCH3 is 2. The summed E-state index contributed by atoms with van der Waals surface area (Å²) in [6.45, 7) is 0. The Bertz CT molecular complexity index is 1470. The van der Waals surface area contributed by atoms with Gasteiger partial charge >= 0.3 is 24.3 Å². The quantitative estimate of drug-likeness (QED) is 0.118. The molecule has 0 aliphatic heterocycles. The van der Waals surface area contributed by atoms with Gasteiger partial charge in [-0.1, -0.05) is 36.4 Å². The van der Waals surface area contributed by atoms with Gasteiger partial charge in [-0.2, -0.15) is 26.3 Å². The maximum absolute atomic E-state index is 14.5. The summed E-state index contributed by atoms with van der Waals surface area (Å²) in [5.74, 6) is -1.69. The SMILES string of the molecule is COc1cccc(C(=O)Oc2ccc(C(c3ccc(OC(=O)c4cccc(OC)c4)cc3)(C(F)(F)F)C(F)(F)F)cc2)c1. The van der Waals surface area contributed by atoms with E-state index in [4.69, 9.17) is 18.9 Å². The first kappa shape index (κ1) is 30.9. The van der Waals surface area contributed by atoms with Crippen LogP contribution in [0.4, 0.5) is 26.3 Å². The molecule has 0 spiro atoms. The monoisotopic (exact) mass is 604 g/mol. The van der Waals surface area contributed by atoms with Gasteiger partial charge in [0.25, 0.3) is 0 Å². The summed E-state index contributed by atoms with van der Waals surface area (Å²) >= 11 is 0. The van der Waals surface area contributed by atoms with Crippen LogP contribution in [0.2, 0.25) is 0 Å². The van der Waals surface area contributed by atoms with E-state index >= 15 is 0 Å². The van der Waals surface area contributed by atoms with Crippen molar-refractivity contribution in [1.82, 2.24) is 0 Å². The predicted molar refractivity (Wildman–Crippen MR) is 142 cm³/mol. The summed E-state index contributed by atoms with van der Waals surface area (Å²) < 4.78 is 108. The van der Waals surface area contributed by atoms with Crippen molar-refractivity contribution in [3.8, 4) is 23.0 Å². The van der Waals surface area contributed by atoms with Crippen molar-refractivity contribution < 1.29 is 54.9 Å². The largest absolute Gasteiger partial charge is 0.497 e. The van der Waals surface area contributed by atoms with Gasteiger partial charge in [-0.05, 0) is 71.8 Å². The molecule has 0 aliphatic carbocycles. The lowest BCUT2D eigenvalue weighted by Crippen LogP contribution is -2.54. The van der Waals surface area contributed by atoms with Crippen LogP contribution in [0.1, 0.15) is 31.8 Å². The van der Waals surface area contributed by atoms with Gasteiger partial charge < -0.3 is 18.9 Å². The van der Waals surface area contributed by atoms with Crippen LogP contribution in [-0.2, 0) is 5.41 Å². The number of ether oxygens (including phenoxy) is 4. The fourth-order valence-corrected chi connectivity index (χ4v) is 4.36. The molecule has 0 atom stereocenters. The fraction of sp³-hybridized carbons (Fsp3) is 0.161. The van der Waals surface area contributed by atoms with Crippen LogP contribution in [0.15, 0.2) is 97.1 Å². The van der Waals surface area contributed by atoms with Gasteiger partial charge in [-0.25, -0.2) is 9.59 Å². The topological polar surface area (TPSA) is 71.1 Å². The molecular formula is C31H22F6O6. The summed E-state index contributed by atoms with van der Waals surface area (Å²) in [6.07, 6.45) is -11.7. The standard InChI is InChI=1S/C31H22F6O6/c1-40-25-7-3-5-19(17-25)27(38)42-23-13-9-21(10-14-23)29(30(32,33)34,31(35,36)37)22-11-15-24(16-12-22)43-28(39)20-6-4-8-26(18-20)41-2/h3-18H,1-2H3. The van der Waals surface area contributed by atoms with Crippen molar-refractivity contribution in [2.24, 2.45) is 0 Å². The number of halogens is 6. The number of esters is 2. The van der Waals surface area contributed by atoms with E-state index in [9.17, 15) is 35.9 Å². The van der Waals surface area contributed by atoms with Gasteiger partial charge in [0.2, 0.25) is 5.41 Å². The first-order valence-corrected chi connectivity index (χ1v) is 12.4. The molecule has 6 nitrogen and oxygen atoms in total. The lowest BCUT2D eigenvalue weighted by Gasteiger charge is -2.38. The Hall–Kier alpha value is -5.00. The number of rotatable bonds is 8. The van der Waals surface area contributed by atoms with Gasteiger partial charge in [-0.3, -0.25) is 0 Å². The van der Waals surface area contributed by atoms with Crippen molar-refractivity contribution in [1.29, 1.82) is 0 Å². The molecule has 0 radical (unpaired) electrons. The molecule has 0 saturated heterocycles. The van der Waals surface area contributed by atoms with E-state index in [2.05, 4.69) is 0 Å². The third-order valence-electron chi connectivity index (χ3n) is 6.46. The summed E-state index contributed by atoms with van der Waals surface area (Å²) in [5, 5.41) is 0. The first-order chi connectivity index (χ1) is 20.3. The Morgan fingerprint density at radius 3 is 1.16 bits per heavy atom.